The predicted octanol–water partition coefficient (Wildman–Crippen LogP) is 3.71. The first-order chi connectivity index (χ1) is 11.7. The van der Waals surface area contributed by atoms with Gasteiger partial charge in [0.2, 0.25) is 5.91 Å². The number of amides is 1. The van der Waals surface area contributed by atoms with Crippen molar-refractivity contribution in [1.82, 2.24) is 10.2 Å². The molecule has 130 valence electrons. The molecule has 0 spiro atoms. The summed E-state index contributed by atoms with van der Waals surface area (Å²) in [5.41, 5.74) is 1.34. The van der Waals surface area contributed by atoms with E-state index in [1.54, 1.807) is 0 Å². The lowest BCUT2D eigenvalue weighted by Gasteiger charge is -2.22. The number of hydrogen-bond donors (Lipinski definition) is 1. The Morgan fingerprint density at radius 2 is 1.75 bits per heavy atom. The van der Waals surface area contributed by atoms with Gasteiger partial charge in [-0.15, -0.1) is 0 Å². The molecule has 2 atom stereocenters. The van der Waals surface area contributed by atoms with Gasteiger partial charge in [0.25, 0.3) is 0 Å². The predicted molar refractivity (Wildman–Crippen MR) is 96.8 cm³/mol. The molecule has 1 heterocycles. The van der Waals surface area contributed by atoms with E-state index in [4.69, 9.17) is 11.6 Å². The summed E-state index contributed by atoms with van der Waals surface area (Å²) < 4.78 is 0. The zero-order valence-electron chi connectivity index (χ0n) is 14.2. The molecule has 0 aromatic heterocycles. The van der Waals surface area contributed by atoms with Crippen LogP contribution in [0.1, 0.15) is 37.7 Å². The molecular weight excluding hydrogens is 320 g/mol. The van der Waals surface area contributed by atoms with E-state index in [0.717, 1.165) is 48.7 Å². The van der Waals surface area contributed by atoms with E-state index in [9.17, 15) is 4.79 Å². The summed E-state index contributed by atoms with van der Waals surface area (Å²) in [6, 6.07) is 8.18. The molecule has 3 fully saturated rings. The number of piperidine rings is 1. The van der Waals surface area contributed by atoms with Crippen LogP contribution in [0.2, 0.25) is 5.02 Å². The van der Waals surface area contributed by atoms with E-state index < -0.39 is 0 Å². The van der Waals surface area contributed by atoms with E-state index in [0.29, 0.717) is 11.8 Å². The topological polar surface area (TPSA) is 32.3 Å². The molecule has 3 nitrogen and oxygen atoms in total. The summed E-state index contributed by atoms with van der Waals surface area (Å²) in [5, 5.41) is 4.04. The first-order valence-corrected chi connectivity index (χ1v) is 9.83. The van der Waals surface area contributed by atoms with Gasteiger partial charge in [-0.25, -0.2) is 0 Å². The number of fused-ring (bicyclic) bond motifs is 1. The lowest BCUT2D eigenvalue weighted by molar-refractivity contribution is -0.126. The summed E-state index contributed by atoms with van der Waals surface area (Å²) in [7, 11) is 0. The van der Waals surface area contributed by atoms with Gasteiger partial charge < -0.3 is 5.32 Å². The minimum Gasteiger partial charge on any atom is -0.356 e. The number of carbonyl (C=O) groups is 1. The molecule has 2 aliphatic carbocycles. The summed E-state index contributed by atoms with van der Waals surface area (Å²) in [6.07, 6.45) is 5.95. The number of halogens is 1. The van der Waals surface area contributed by atoms with Gasteiger partial charge >= 0.3 is 0 Å². The van der Waals surface area contributed by atoms with E-state index in [2.05, 4.69) is 22.3 Å². The van der Waals surface area contributed by atoms with Crippen LogP contribution in [-0.2, 0) is 11.3 Å². The summed E-state index contributed by atoms with van der Waals surface area (Å²) in [5.74, 6) is 2.92. The Kier molecular flexibility index (Phi) is 4.82. The molecule has 1 aliphatic heterocycles. The molecule has 0 radical (unpaired) electrons. The number of benzene rings is 1. The molecule has 2 unspecified atom stereocenters. The third-order valence-electron chi connectivity index (χ3n) is 6.25. The highest BCUT2D eigenvalue weighted by Gasteiger charge is 2.55. The fourth-order valence-electron chi connectivity index (χ4n) is 4.74. The van der Waals surface area contributed by atoms with Crippen molar-refractivity contribution in [2.24, 2.45) is 23.7 Å². The van der Waals surface area contributed by atoms with Gasteiger partial charge in [-0.1, -0.05) is 43.0 Å². The quantitative estimate of drug-likeness (QED) is 0.881. The molecule has 4 rings (SSSR count). The van der Waals surface area contributed by atoms with Crippen LogP contribution < -0.4 is 5.32 Å². The Hall–Kier alpha value is -1.06. The van der Waals surface area contributed by atoms with E-state index in [1.807, 2.05) is 12.1 Å². The summed E-state index contributed by atoms with van der Waals surface area (Å²) >= 11 is 5.95. The summed E-state index contributed by atoms with van der Waals surface area (Å²) in [6.45, 7) is 4.28. The number of rotatable bonds is 5. The average Bonchev–Trinajstić information content (AvgIpc) is 3.07. The minimum absolute atomic E-state index is 0.291. The highest BCUT2D eigenvalue weighted by atomic mass is 35.5. The van der Waals surface area contributed by atoms with E-state index in [1.165, 1.54) is 37.9 Å². The van der Waals surface area contributed by atoms with Gasteiger partial charge in [0.15, 0.2) is 0 Å². The van der Waals surface area contributed by atoms with Gasteiger partial charge in [-0.3, -0.25) is 9.69 Å². The second-order valence-corrected chi connectivity index (χ2v) is 8.33. The van der Waals surface area contributed by atoms with Crippen molar-refractivity contribution in [2.75, 3.05) is 19.6 Å². The minimum atomic E-state index is 0.291. The van der Waals surface area contributed by atoms with Crippen LogP contribution in [0.25, 0.3) is 0 Å². The smallest absolute Gasteiger partial charge is 0.223 e. The van der Waals surface area contributed by atoms with Crippen molar-refractivity contribution >= 4 is 17.5 Å². The molecule has 1 aromatic carbocycles. The zero-order chi connectivity index (χ0) is 16.5. The number of nitrogens with one attached hydrogen (secondary N) is 1. The molecule has 3 aliphatic rings. The fourth-order valence-corrected chi connectivity index (χ4v) is 4.87. The van der Waals surface area contributed by atoms with Crippen molar-refractivity contribution in [3.63, 3.8) is 0 Å². The summed E-state index contributed by atoms with van der Waals surface area (Å²) in [4.78, 5) is 14.8. The van der Waals surface area contributed by atoms with E-state index >= 15 is 0 Å². The lowest BCUT2D eigenvalue weighted by Crippen LogP contribution is -2.35. The van der Waals surface area contributed by atoms with Crippen LogP contribution >= 0.6 is 11.6 Å². The van der Waals surface area contributed by atoms with Crippen LogP contribution in [0, 0.1) is 23.7 Å². The highest BCUT2D eigenvalue weighted by Crippen LogP contribution is 2.51. The van der Waals surface area contributed by atoms with Crippen LogP contribution in [0.4, 0.5) is 0 Å². The van der Waals surface area contributed by atoms with Crippen LogP contribution in [0.5, 0.6) is 0 Å². The molecule has 1 amide bonds. The Labute approximate surface area is 149 Å². The standard InChI is InChI=1S/C20H27ClN2O/c21-16-8-6-14(7-9-16)11-23-12-18-17(19(18)13-23)10-22-20(24)15-4-2-1-3-5-15/h6-9,15,17-19H,1-5,10-13H2,(H,22,24). The average molecular weight is 347 g/mol. The second kappa shape index (κ2) is 7.05. The van der Waals surface area contributed by atoms with Crippen molar-refractivity contribution < 1.29 is 4.79 Å². The highest BCUT2D eigenvalue weighted by molar-refractivity contribution is 6.30. The molecular formula is C20H27ClN2O. The van der Waals surface area contributed by atoms with Gasteiger partial charge in [-0.05, 0) is 48.3 Å². The first-order valence-electron chi connectivity index (χ1n) is 9.45. The maximum Gasteiger partial charge on any atom is 0.223 e. The maximum atomic E-state index is 12.3. The number of carbonyl (C=O) groups excluding carboxylic acids is 1. The first kappa shape index (κ1) is 16.4. The molecule has 1 aromatic rings. The number of likely N-dealkylation sites (tertiary alicyclic amines) is 1. The Balaban J connectivity index is 1.18. The third-order valence-corrected chi connectivity index (χ3v) is 6.51. The Morgan fingerprint density at radius 1 is 1.08 bits per heavy atom. The van der Waals surface area contributed by atoms with Crippen molar-refractivity contribution in [1.29, 1.82) is 0 Å². The monoisotopic (exact) mass is 346 g/mol. The van der Waals surface area contributed by atoms with Crippen molar-refractivity contribution in [3.8, 4) is 0 Å². The molecule has 1 N–H and O–H groups in total. The van der Waals surface area contributed by atoms with Gasteiger partial charge in [-0.2, -0.15) is 0 Å². The van der Waals surface area contributed by atoms with Crippen LogP contribution in [0.15, 0.2) is 24.3 Å². The van der Waals surface area contributed by atoms with Crippen LogP contribution in [0.3, 0.4) is 0 Å². The number of hydrogen-bond acceptors (Lipinski definition) is 2. The van der Waals surface area contributed by atoms with Crippen molar-refractivity contribution in [3.05, 3.63) is 34.9 Å². The molecule has 4 heteroatoms. The molecule has 1 saturated heterocycles. The van der Waals surface area contributed by atoms with Gasteiger partial charge in [0.1, 0.15) is 0 Å². The Morgan fingerprint density at radius 3 is 2.42 bits per heavy atom. The molecule has 0 bridgehead atoms. The normalized spacial score (nSPS) is 30.1. The van der Waals surface area contributed by atoms with E-state index in [-0.39, 0.29) is 0 Å². The maximum absolute atomic E-state index is 12.3. The molecule has 24 heavy (non-hydrogen) atoms. The lowest BCUT2D eigenvalue weighted by atomic mass is 9.88. The molecule has 2 saturated carbocycles. The second-order valence-electron chi connectivity index (χ2n) is 7.89. The SMILES string of the molecule is O=C(NCC1C2CN(Cc3ccc(Cl)cc3)CC12)C1CCCCC1. The zero-order valence-corrected chi connectivity index (χ0v) is 15.0. The van der Waals surface area contributed by atoms with Gasteiger partial charge in [0.05, 0.1) is 0 Å². The Bertz CT molecular complexity index is 570. The van der Waals surface area contributed by atoms with Crippen molar-refractivity contribution in [2.45, 2.75) is 38.6 Å². The fraction of sp³-hybridized carbons (Fsp3) is 0.650. The largest absolute Gasteiger partial charge is 0.356 e. The van der Waals surface area contributed by atoms with Gasteiger partial charge in [0, 0.05) is 37.1 Å². The van der Waals surface area contributed by atoms with Crippen LogP contribution in [-0.4, -0.2) is 30.4 Å². The number of nitrogens with zero attached hydrogens (tertiary/aromatic N) is 1. The third kappa shape index (κ3) is 3.62.